The molecule has 170 valence electrons. The van der Waals surface area contributed by atoms with E-state index in [1.165, 1.54) is 23.9 Å². The number of nitrogens with one attached hydrogen (secondary N) is 1. The maximum atomic E-state index is 12.4. The summed E-state index contributed by atoms with van der Waals surface area (Å²) >= 11 is 19.3. The van der Waals surface area contributed by atoms with Crippen molar-refractivity contribution in [2.75, 3.05) is 17.7 Å². The van der Waals surface area contributed by atoms with Gasteiger partial charge in [-0.3, -0.25) is 4.79 Å². The van der Waals surface area contributed by atoms with Gasteiger partial charge in [-0.15, -0.1) is 10.2 Å². The Labute approximate surface area is 205 Å². The smallest absolute Gasteiger partial charge is 0.234 e. The molecule has 0 saturated heterocycles. The molecule has 0 spiro atoms. The highest BCUT2D eigenvalue weighted by Crippen LogP contribution is 2.34. The van der Waals surface area contributed by atoms with Crippen LogP contribution in [0.1, 0.15) is 18.3 Å². The third-order valence-electron chi connectivity index (χ3n) is 4.28. The van der Waals surface area contributed by atoms with E-state index in [0.29, 0.717) is 39.8 Å². The molecule has 0 atom stereocenters. The van der Waals surface area contributed by atoms with Crippen molar-refractivity contribution in [1.29, 1.82) is 0 Å². The van der Waals surface area contributed by atoms with E-state index in [9.17, 15) is 4.79 Å². The zero-order valence-corrected chi connectivity index (χ0v) is 20.7. The van der Waals surface area contributed by atoms with Crippen LogP contribution >= 0.6 is 46.6 Å². The van der Waals surface area contributed by atoms with Gasteiger partial charge in [0.1, 0.15) is 6.61 Å². The number of ether oxygens (including phenoxy) is 2. The predicted molar refractivity (Wildman–Crippen MR) is 129 cm³/mol. The lowest BCUT2D eigenvalue weighted by atomic mass is 10.2. The molecule has 0 unspecified atom stereocenters. The molecule has 0 aliphatic heterocycles. The number of aromatic nitrogens is 3. The summed E-state index contributed by atoms with van der Waals surface area (Å²) in [6.07, 6.45) is 0. The Hall–Kier alpha value is -2.13. The molecule has 0 radical (unpaired) electrons. The Balaban J connectivity index is 1.59. The van der Waals surface area contributed by atoms with Gasteiger partial charge in [-0.05, 0) is 43.7 Å². The molecular weight excluding hydrogens is 495 g/mol. The van der Waals surface area contributed by atoms with Gasteiger partial charge >= 0.3 is 0 Å². The highest BCUT2D eigenvalue weighted by molar-refractivity contribution is 7.99. The van der Waals surface area contributed by atoms with Crippen LogP contribution in [0, 0.1) is 6.92 Å². The molecule has 0 bridgehead atoms. The summed E-state index contributed by atoms with van der Waals surface area (Å²) in [5.74, 6) is 1.73. The first-order valence-electron chi connectivity index (χ1n) is 9.60. The minimum absolute atomic E-state index is 0.0918. The number of aryl methyl sites for hydroxylation is 1. The molecule has 2 aromatic carbocycles. The standard InChI is InChI=1S/C21H21Cl3N4O3S/c1-4-30-17-7-12(2)5-6-16(17)31-10-18-26-27-21(28(18)3)32-11-19(29)25-20-14(23)8-13(22)9-15(20)24/h5-9H,4,10-11H2,1-3H3,(H,25,29). The van der Waals surface area contributed by atoms with Gasteiger partial charge < -0.3 is 19.4 Å². The van der Waals surface area contributed by atoms with Crippen molar-refractivity contribution in [2.45, 2.75) is 25.6 Å². The van der Waals surface area contributed by atoms with Crippen LogP contribution in [0.2, 0.25) is 15.1 Å². The lowest BCUT2D eigenvalue weighted by molar-refractivity contribution is -0.113. The number of carbonyl (C=O) groups excluding carboxylic acids is 1. The molecular formula is C21H21Cl3N4O3S. The number of rotatable bonds is 9. The van der Waals surface area contributed by atoms with Gasteiger partial charge in [0.25, 0.3) is 0 Å². The fourth-order valence-electron chi connectivity index (χ4n) is 2.71. The highest BCUT2D eigenvalue weighted by Gasteiger charge is 2.15. The average Bonchev–Trinajstić information content (AvgIpc) is 3.08. The van der Waals surface area contributed by atoms with Crippen molar-refractivity contribution in [2.24, 2.45) is 7.05 Å². The van der Waals surface area contributed by atoms with E-state index in [0.717, 1.165) is 5.56 Å². The van der Waals surface area contributed by atoms with E-state index in [1.54, 1.807) is 4.57 Å². The van der Waals surface area contributed by atoms with Crippen molar-refractivity contribution in [3.05, 3.63) is 56.8 Å². The number of hydrogen-bond acceptors (Lipinski definition) is 6. The van der Waals surface area contributed by atoms with E-state index in [4.69, 9.17) is 44.3 Å². The molecule has 1 N–H and O–H groups in total. The summed E-state index contributed by atoms with van der Waals surface area (Å²) in [6, 6.07) is 8.77. The molecule has 0 aliphatic carbocycles. The van der Waals surface area contributed by atoms with Crippen LogP contribution < -0.4 is 14.8 Å². The number of hydrogen-bond donors (Lipinski definition) is 1. The van der Waals surface area contributed by atoms with Crippen molar-refractivity contribution in [3.8, 4) is 11.5 Å². The zero-order chi connectivity index (χ0) is 23.3. The van der Waals surface area contributed by atoms with Crippen LogP contribution in [-0.2, 0) is 18.4 Å². The second kappa shape index (κ2) is 11.1. The number of halogens is 3. The van der Waals surface area contributed by atoms with E-state index >= 15 is 0 Å². The topological polar surface area (TPSA) is 78.3 Å². The predicted octanol–water partition coefficient (Wildman–Crippen LogP) is 5.79. The summed E-state index contributed by atoms with van der Waals surface area (Å²) < 4.78 is 13.3. The SMILES string of the molecule is CCOc1cc(C)ccc1OCc1nnc(SCC(=O)Nc2c(Cl)cc(Cl)cc2Cl)n1C. The van der Waals surface area contributed by atoms with E-state index in [1.807, 2.05) is 39.1 Å². The van der Waals surface area contributed by atoms with Crippen LogP contribution in [0.25, 0.3) is 0 Å². The first kappa shape index (κ1) is 24.5. The zero-order valence-electron chi connectivity index (χ0n) is 17.6. The third kappa shape index (κ3) is 6.22. The monoisotopic (exact) mass is 514 g/mol. The average molecular weight is 516 g/mol. The molecule has 32 heavy (non-hydrogen) atoms. The summed E-state index contributed by atoms with van der Waals surface area (Å²) in [6.45, 7) is 4.65. The van der Waals surface area contributed by atoms with Crippen LogP contribution in [0.15, 0.2) is 35.5 Å². The third-order valence-corrected chi connectivity index (χ3v) is 6.12. The number of nitrogens with zero attached hydrogens (tertiary/aromatic N) is 3. The van der Waals surface area contributed by atoms with E-state index < -0.39 is 0 Å². The Morgan fingerprint density at radius 1 is 1.09 bits per heavy atom. The minimum atomic E-state index is -0.289. The molecule has 0 aliphatic rings. The number of amides is 1. The summed E-state index contributed by atoms with van der Waals surface area (Å²) in [7, 11) is 1.81. The first-order valence-corrected chi connectivity index (χ1v) is 11.7. The van der Waals surface area contributed by atoms with Crippen LogP contribution in [0.3, 0.4) is 0 Å². The van der Waals surface area contributed by atoms with Crippen molar-refractivity contribution in [1.82, 2.24) is 14.8 Å². The fourth-order valence-corrected chi connectivity index (χ4v) is 4.35. The Morgan fingerprint density at radius 3 is 2.50 bits per heavy atom. The minimum Gasteiger partial charge on any atom is -0.490 e. The molecule has 11 heteroatoms. The Morgan fingerprint density at radius 2 is 1.81 bits per heavy atom. The molecule has 1 aromatic heterocycles. The summed E-state index contributed by atoms with van der Waals surface area (Å²) in [5, 5.41) is 12.5. The molecule has 0 fully saturated rings. The van der Waals surface area contributed by atoms with Gasteiger partial charge in [0.05, 0.1) is 28.1 Å². The second-order valence-electron chi connectivity index (χ2n) is 6.71. The lowest BCUT2D eigenvalue weighted by Gasteiger charge is -2.12. The quantitative estimate of drug-likeness (QED) is 0.363. The van der Waals surface area contributed by atoms with Gasteiger partial charge in [-0.1, -0.05) is 52.6 Å². The number of benzene rings is 2. The first-order chi connectivity index (χ1) is 15.3. The van der Waals surface area contributed by atoms with Crippen LogP contribution in [-0.4, -0.2) is 33.0 Å². The van der Waals surface area contributed by atoms with Gasteiger partial charge in [0.15, 0.2) is 22.5 Å². The van der Waals surface area contributed by atoms with Crippen molar-refractivity contribution in [3.63, 3.8) is 0 Å². The molecule has 1 heterocycles. The molecule has 1 amide bonds. The Kier molecular flexibility index (Phi) is 8.53. The largest absolute Gasteiger partial charge is 0.490 e. The lowest BCUT2D eigenvalue weighted by Crippen LogP contribution is -2.15. The second-order valence-corrected chi connectivity index (χ2v) is 8.90. The normalized spacial score (nSPS) is 10.8. The van der Waals surface area contributed by atoms with Crippen LogP contribution in [0.4, 0.5) is 5.69 Å². The van der Waals surface area contributed by atoms with Gasteiger partial charge in [-0.25, -0.2) is 0 Å². The molecule has 3 aromatic rings. The van der Waals surface area contributed by atoms with Gasteiger partial charge in [0, 0.05) is 12.1 Å². The summed E-state index contributed by atoms with van der Waals surface area (Å²) in [5.41, 5.74) is 1.40. The highest BCUT2D eigenvalue weighted by atomic mass is 35.5. The maximum Gasteiger partial charge on any atom is 0.234 e. The van der Waals surface area contributed by atoms with E-state index in [-0.39, 0.29) is 28.3 Å². The maximum absolute atomic E-state index is 12.4. The number of thioether (sulfide) groups is 1. The molecule has 3 rings (SSSR count). The Bertz CT molecular complexity index is 1100. The van der Waals surface area contributed by atoms with Gasteiger partial charge in [-0.2, -0.15) is 0 Å². The number of carbonyl (C=O) groups is 1. The number of anilines is 1. The molecule has 0 saturated carbocycles. The van der Waals surface area contributed by atoms with Gasteiger partial charge in [0.2, 0.25) is 5.91 Å². The van der Waals surface area contributed by atoms with E-state index in [2.05, 4.69) is 15.5 Å². The fraction of sp³-hybridized carbons (Fsp3) is 0.286. The summed E-state index contributed by atoms with van der Waals surface area (Å²) in [4.78, 5) is 12.4. The van der Waals surface area contributed by atoms with Crippen molar-refractivity contribution >= 4 is 58.2 Å². The van der Waals surface area contributed by atoms with Crippen LogP contribution in [0.5, 0.6) is 11.5 Å². The molecule has 7 nitrogen and oxygen atoms in total. The van der Waals surface area contributed by atoms with Crippen molar-refractivity contribution < 1.29 is 14.3 Å².